The predicted octanol–water partition coefficient (Wildman–Crippen LogP) is 3.74. The molecule has 0 radical (unpaired) electrons. The zero-order valence-corrected chi connectivity index (χ0v) is 19.5. The summed E-state index contributed by atoms with van der Waals surface area (Å²) in [5.74, 6) is 0.0353. The van der Waals surface area contributed by atoms with E-state index >= 15 is 0 Å². The van der Waals surface area contributed by atoms with E-state index in [0.29, 0.717) is 25.1 Å². The lowest BCUT2D eigenvalue weighted by Crippen LogP contribution is -2.46. The molecule has 2 aliphatic rings. The molecule has 174 valence electrons. The Labute approximate surface area is 200 Å². The third-order valence-electron chi connectivity index (χ3n) is 6.97. The summed E-state index contributed by atoms with van der Waals surface area (Å²) >= 11 is 0. The second kappa shape index (κ2) is 9.77. The van der Waals surface area contributed by atoms with E-state index in [1.165, 1.54) is 5.56 Å². The van der Waals surface area contributed by atoms with E-state index in [2.05, 4.69) is 21.3 Å². The van der Waals surface area contributed by atoms with Crippen LogP contribution in [0.5, 0.6) is 0 Å². The lowest BCUT2D eigenvalue weighted by atomic mass is 10.1. The number of hydrogen-bond donors (Lipinski definition) is 1. The summed E-state index contributed by atoms with van der Waals surface area (Å²) in [5, 5.41) is 3.16. The maximum Gasteiger partial charge on any atom is 0.259 e. The molecule has 3 heterocycles. The smallest absolute Gasteiger partial charge is 0.259 e. The molecule has 0 bridgehead atoms. The van der Waals surface area contributed by atoms with Gasteiger partial charge in [0.05, 0.1) is 12.0 Å². The average Bonchev–Trinajstić information content (AvgIpc) is 3.15. The summed E-state index contributed by atoms with van der Waals surface area (Å²) in [7, 11) is 0. The Kier molecular flexibility index (Phi) is 6.41. The van der Waals surface area contributed by atoms with Crippen LogP contribution in [0.1, 0.15) is 39.9 Å². The number of hydrogen-bond acceptors (Lipinski definition) is 4. The number of aryl methyl sites for hydroxylation is 1. The zero-order valence-electron chi connectivity index (χ0n) is 19.5. The van der Waals surface area contributed by atoms with Crippen molar-refractivity contribution >= 4 is 17.5 Å². The van der Waals surface area contributed by atoms with Gasteiger partial charge < -0.3 is 10.2 Å². The third-order valence-corrected chi connectivity index (χ3v) is 6.97. The fraction of sp³-hybridized carbons (Fsp3) is 0.321. The van der Waals surface area contributed by atoms with Gasteiger partial charge in [-0.15, -0.1) is 0 Å². The molecule has 1 saturated heterocycles. The first-order chi connectivity index (χ1) is 16.6. The lowest BCUT2D eigenvalue weighted by Gasteiger charge is -2.29. The molecular weight excluding hydrogens is 424 g/mol. The zero-order chi connectivity index (χ0) is 23.5. The maximum atomic E-state index is 13.4. The number of nitrogens with zero attached hydrogens (tertiary/aromatic N) is 3. The molecule has 2 amide bonds. The second-order valence-electron chi connectivity index (χ2n) is 9.31. The highest BCUT2D eigenvalue weighted by atomic mass is 16.2. The van der Waals surface area contributed by atoms with Gasteiger partial charge >= 0.3 is 0 Å². The molecule has 6 heteroatoms. The van der Waals surface area contributed by atoms with Crippen LogP contribution >= 0.6 is 0 Å². The number of amides is 2. The van der Waals surface area contributed by atoms with Crippen molar-refractivity contribution in [1.29, 1.82) is 0 Å². The minimum atomic E-state index is -0.0164. The van der Waals surface area contributed by atoms with Crippen molar-refractivity contribution in [3.63, 3.8) is 0 Å². The maximum absolute atomic E-state index is 13.4. The van der Waals surface area contributed by atoms with Gasteiger partial charge in [0, 0.05) is 49.8 Å². The molecule has 5 rings (SSSR count). The Bertz CT molecular complexity index is 1160. The van der Waals surface area contributed by atoms with Crippen LogP contribution in [0.3, 0.4) is 0 Å². The number of benzene rings is 2. The molecular formula is C28H30N4O2. The van der Waals surface area contributed by atoms with Crippen LogP contribution in [0.25, 0.3) is 0 Å². The van der Waals surface area contributed by atoms with Gasteiger partial charge in [-0.3, -0.25) is 19.5 Å². The molecule has 3 aromatic rings. The van der Waals surface area contributed by atoms with Crippen LogP contribution in [-0.2, 0) is 17.8 Å². The fourth-order valence-corrected chi connectivity index (χ4v) is 5.12. The van der Waals surface area contributed by atoms with Gasteiger partial charge in [0.1, 0.15) is 0 Å². The molecule has 2 aliphatic heterocycles. The van der Waals surface area contributed by atoms with Gasteiger partial charge in [-0.1, -0.05) is 48.0 Å². The summed E-state index contributed by atoms with van der Waals surface area (Å²) in [6, 6.07) is 20.4. The van der Waals surface area contributed by atoms with Crippen molar-refractivity contribution in [3.05, 3.63) is 95.3 Å². The van der Waals surface area contributed by atoms with Gasteiger partial charge in [0.2, 0.25) is 5.91 Å². The number of rotatable bonds is 5. The van der Waals surface area contributed by atoms with E-state index < -0.39 is 0 Å². The highest BCUT2D eigenvalue weighted by molar-refractivity contribution is 6.06. The van der Waals surface area contributed by atoms with Crippen molar-refractivity contribution in [1.82, 2.24) is 15.2 Å². The fourth-order valence-electron chi connectivity index (χ4n) is 5.12. The number of nitrogens with one attached hydrogen (secondary N) is 1. The molecule has 0 spiro atoms. The second-order valence-corrected chi connectivity index (χ2v) is 9.31. The van der Waals surface area contributed by atoms with Crippen LogP contribution < -0.4 is 10.2 Å². The Morgan fingerprint density at radius 2 is 1.85 bits per heavy atom. The van der Waals surface area contributed by atoms with E-state index in [0.717, 1.165) is 36.2 Å². The Hall–Kier alpha value is -3.51. The minimum Gasteiger partial charge on any atom is -0.354 e. The molecule has 0 saturated carbocycles. The molecule has 1 N–H and O–H groups in total. The molecule has 2 atom stereocenters. The van der Waals surface area contributed by atoms with Crippen molar-refractivity contribution in [3.8, 4) is 0 Å². The first kappa shape index (κ1) is 22.3. The van der Waals surface area contributed by atoms with Gasteiger partial charge in [-0.25, -0.2) is 0 Å². The Morgan fingerprint density at radius 1 is 1.03 bits per heavy atom. The molecule has 0 unspecified atom stereocenters. The number of fused-ring (bicyclic) bond motifs is 2. The molecule has 1 aromatic heterocycles. The van der Waals surface area contributed by atoms with E-state index in [9.17, 15) is 9.59 Å². The quantitative estimate of drug-likeness (QED) is 0.638. The molecule has 6 nitrogen and oxygen atoms in total. The number of anilines is 1. The molecule has 2 aromatic carbocycles. The molecule has 34 heavy (non-hydrogen) atoms. The number of para-hydroxylation sites is 1. The highest BCUT2D eigenvalue weighted by Crippen LogP contribution is 2.35. The normalized spacial score (nSPS) is 19.7. The minimum absolute atomic E-state index is 0.0164. The van der Waals surface area contributed by atoms with Crippen LogP contribution in [0, 0.1) is 6.92 Å². The number of carbonyl (C=O) groups excluding carboxylic acids is 2. The van der Waals surface area contributed by atoms with Gasteiger partial charge in [-0.2, -0.15) is 0 Å². The number of carbonyl (C=O) groups is 2. The van der Waals surface area contributed by atoms with E-state index in [1.54, 1.807) is 18.5 Å². The van der Waals surface area contributed by atoms with E-state index in [-0.39, 0.29) is 23.9 Å². The van der Waals surface area contributed by atoms with Crippen LogP contribution in [-0.4, -0.2) is 46.9 Å². The third kappa shape index (κ3) is 4.73. The number of pyridine rings is 1. The van der Waals surface area contributed by atoms with Crippen LogP contribution in [0.15, 0.2) is 73.1 Å². The topological polar surface area (TPSA) is 65.5 Å². The van der Waals surface area contributed by atoms with Crippen molar-refractivity contribution in [2.75, 3.05) is 18.0 Å². The SMILES string of the molecule is Cc1ccc(CC(=O)NC[C@H]2CC[C@@H]3CN(C(=O)c4cccnc4)c4ccccc4CN23)cc1. The van der Waals surface area contributed by atoms with Crippen molar-refractivity contribution in [2.45, 2.75) is 44.8 Å². The van der Waals surface area contributed by atoms with E-state index in [1.807, 2.05) is 60.4 Å². The van der Waals surface area contributed by atoms with Crippen LogP contribution in [0.4, 0.5) is 5.69 Å². The van der Waals surface area contributed by atoms with Gasteiger partial charge in [0.15, 0.2) is 0 Å². The Morgan fingerprint density at radius 3 is 2.65 bits per heavy atom. The van der Waals surface area contributed by atoms with Crippen LogP contribution in [0.2, 0.25) is 0 Å². The van der Waals surface area contributed by atoms with Gasteiger partial charge in [0.25, 0.3) is 5.91 Å². The summed E-state index contributed by atoms with van der Waals surface area (Å²) < 4.78 is 0. The summed E-state index contributed by atoms with van der Waals surface area (Å²) in [6.07, 6.45) is 5.72. The number of aromatic nitrogens is 1. The largest absolute Gasteiger partial charge is 0.354 e. The Balaban J connectivity index is 1.29. The van der Waals surface area contributed by atoms with Gasteiger partial charge in [-0.05, 0) is 49.1 Å². The first-order valence-corrected chi connectivity index (χ1v) is 12.0. The summed E-state index contributed by atoms with van der Waals surface area (Å²) in [6.45, 7) is 4.08. The first-order valence-electron chi connectivity index (χ1n) is 12.0. The molecule has 0 aliphatic carbocycles. The van der Waals surface area contributed by atoms with Crippen molar-refractivity contribution < 1.29 is 9.59 Å². The lowest BCUT2D eigenvalue weighted by molar-refractivity contribution is -0.120. The average molecular weight is 455 g/mol. The summed E-state index contributed by atoms with van der Waals surface area (Å²) in [5.41, 5.74) is 4.93. The predicted molar refractivity (Wildman–Crippen MR) is 133 cm³/mol. The monoisotopic (exact) mass is 454 g/mol. The van der Waals surface area contributed by atoms with Crippen molar-refractivity contribution in [2.24, 2.45) is 0 Å². The van der Waals surface area contributed by atoms with E-state index in [4.69, 9.17) is 0 Å². The molecule has 1 fully saturated rings. The summed E-state index contributed by atoms with van der Waals surface area (Å²) in [4.78, 5) is 34.5. The standard InChI is InChI=1S/C28H30N4O2/c1-20-8-10-21(11-9-20)15-27(33)30-17-24-12-13-25-19-32(28(34)22-6-4-14-29-16-22)26-7-3-2-5-23(26)18-31(24)25/h2-11,14,16,24-25H,12-13,15,17-19H2,1H3,(H,30,33)/t24-,25-/m1/s1. The highest BCUT2D eigenvalue weighted by Gasteiger charge is 2.39.